The third-order valence-corrected chi connectivity index (χ3v) is 3.64. The number of carbonyl (C=O) groups is 1. The first kappa shape index (κ1) is 14.3. The van der Waals surface area contributed by atoms with Crippen LogP contribution in [0.1, 0.15) is 22.5 Å². The van der Waals surface area contributed by atoms with Crippen molar-refractivity contribution in [1.82, 2.24) is 15.3 Å². The Labute approximate surface area is 129 Å². The van der Waals surface area contributed by atoms with Crippen molar-refractivity contribution < 1.29 is 4.79 Å². The van der Waals surface area contributed by atoms with Gasteiger partial charge in [0.05, 0.1) is 17.5 Å². The maximum absolute atomic E-state index is 12.1. The highest BCUT2D eigenvalue weighted by Gasteiger charge is 2.06. The number of nitrogens with one attached hydrogen (secondary N) is 2. The summed E-state index contributed by atoms with van der Waals surface area (Å²) in [5.41, 5.74) is 5.22. The molecule has 2 aromatic carbocycles. The van der Waals surface area contributed by atoms with E-state index in [4.69, 9.17) is 0 Å². The molecule has 0 aliphatic carbocycles. The summed E-state index contributed by atoms with van der Waals surface area (Å²) in [6.07, 6.45) is 0.375. The molecule has 3 aromatic rings. The largest absolute Gasteiger partial charge is 0.352 e. The molecule has 0 spiro atoms. The molecular formula is C18H19N3O. The minimum atomic E-state index is 0.0242. The lowest BCUT2D eigenvalue weighted by Crippen LogP contribution is -2.24. The molecule has 0 bridgehead atoms. The quantitative estimate of drug-likeness (QED) is 0.777. The van der Waals surface area contributed by atoms with Gasteiger partial charge < -0.3 is 10.3 Å². The average molecular weight is 293 g/mol. The fraction of sp³-hybridized carbons (Fsp3) is 0.222. The number of imidazole rings is 1. The number of aromatic nitrogens is 2. The third-order valence-electron chi connectivity index (χ3n) is 3.64. The van der Waals surface area contributed by atoms with Gasteiger partial charge in [-0.2, -0.15) is 0 Å². The van der Waals surface area contributed by atoms with Crippen molar-refractivity contribution in [2.45, 2.75) is 26.8 Å². The number of benzene rings is 2. The molecule has 4 nitrogen and oxygen atoms in total. The van der Waals surface area contributed by atoms with E-state index in [1.807, 2.05) is 37.3 Å². The molecule has 0 atom stereocenters. The summed E-state index contributed by atoms with van der Waals surface area (Å²) in [6.45, 7) is 4.54. The molecule has 0 aliphatic rings. The maximum atomic E-state index is 12.1. The highest BCUT2D eigenvalue weighted by Crippen LogP contribution is 2.14. The van der Waals surface area contributed by atoms with Gasteiger partial charge in [-0.1, -0.05) is 35.9 Å². The number of aromatic amines is 1. The molecule has 1 heterocycles. The van der Waals surface area contributed by atoms with Crippen LogP contribution in [-0.4, -0.2) is 15.9 Å². The summed E-state index contributed by atoms with van der Waals surface area (Å²) in [6, 6.07) is 14.1. The molecule has 2 N–H and O–H groups in total. The van der Waals surface area contributed by atoms with Crippen molar-refractivity contribution in [1.29, 1.82) is 0 Å². The number of fused-ring (bicyclic) bond motifs is 1. The molecule has 3 rings (SSSR count). The topological polar surface area (TPSA) is 57.8 Å². The molecule has 4 heteroatoms. The third kappa shape index (κ3) is 3.34. The number of hydrogen-bond donors (Lipinski definition) is 2. The van der Waals surface area contributed by atoms with Gasteiger partial charge in [0.2, 0.25) is 5.91 Å². The van der Waals surface area contributed by atoms with Gasteiger partial charge in [-0.25, -0.2) is 4.98 Å². The van der Waals surface area contributed by atoms with Crippen LogP contribution in [0.4, 0.5) is 0 Å². The van der Waals surface area contributed by atoms with Crippen LogP contribution in [-0.2, 0) is 17.8 Å². The van der Waals surface area contributed by atoms with Gasteiger partial charge in [0.15, 0.2) is 0 Å². The Hall–Kier alpha value is -2.62. The van der Waals surface area contributed by atoms with Crippen LogP contribution in [0.3, 0.4) is 0 Å². The van der Waals surface area contributed by atoms with Crippen molar-refractivity contribution in [3.63, 3.8) is 0 Å². The van der Waals surface area contributed by atoms with Crippen LogP contribution in [0.25, 0.3) is 11.0 Å². The van der Waals surface area contributed by atoms with Crippen molar-refractivity contribution in [2.75, 3.05) is 0 Å². The van der Waals surface area contributed by atoms with E-state index < -0.39 is 0 Å². The van der Waals surface area contributed by atoms with Crippen LogP contribution in [0.2, 0.25) is 0 Å². The minimum Gasteiger partial charge on any atom is -0.352 e. The Kier molecular flexibility index (Phi) is 3.92. The SMILES string of the molecule is Cc1ccc(CNC(=O)Cc2ccc3nc(C)[nH]c3c2)cc1. The molecule has 0 aliphatic heterocycles. The lowest BCUT2D eigenvalue weighted by atomic mass is 10.1. The predicted molar refractivity (Wildman–Crippen MR) is 87.6 cm³/mol. The average Bonchev–Trinajstić information content (AvgIpc) is 2.86. The molecule has 112 valence electrons. The fourth-order valence-electron chi connectivity index (χ4n) is 2.45. The van der Waals surface area contributed by atoms with Gasteiger partial charge in [-0.3, -0.25) is 4.79 Å². The second-order valence-electron chi connectivity index (χ2n) is 5.61. The van der Waals surface area contributed by atoms with Crippen LogP contribution < -0.4 is 5.32 Å². The Morgan fingerprint density at radius 2 is 1.82 bits per heavy atom. The number of hydrogen-bond acceptors (Lipinski definition) is 2. The monoisotopic (exact) mass is 293 g/mol. The summed E-state index contributed by atoms with van der Waals surface area (Å²) in [7, 11) is 0. The first-order chi connectivity index (χ1) is 10.6. The summed E-state index contributed by atoms with van der Waals surface area (Å²) < 4.78 is 0. The normalized spacial score (nSPS) is 10.8. The zero-order valence-corrected chi connectivity index (χ0v) is 12.8. The van der Waals surface area contributed by atoms with Gasteiger partial charge in [-0.05, 0) is 37.1 Å². The van der Waals surface area contributed by atoms with E-state index >= 15 is 0 Å². The standard InChI is InChI=1S/C18H19N3O/c1-12-3-5-14(6-4-12)11-19-18(22)10-15-7-8-16-17(9-15)21-13(2)20-16/h3-9H,10-11H2,1-2H3,(H,19,22)(H,20,21). The number of rotatable bonds is 4. The Morgan fingerprint density at radius 1 is 1.09 bits per heavy atom. The van der Waals surface area contributed by atoms with E-state index in [0.717, 1.165) is 28.0 Å². The van der Waals surface area contributed by atoms with E-state index in [1.54, 1.807) is 0 Å². The van der Waals surface area contributed by atoms with E-state index in [0.29, 0.717) is 13.0 Å². The maximum Gasteiger partial charge on any atom is 0.224 e. The summed E-state index contributed by atoms with van der Waals surface area (Å²) in [5, 5.41) is 2.96. The second-order valence-corrected chi connectivity index (χ2v) is 5.61. The number of amides is 1. The highest BCUT2D eigenvalue weighted by molar-refractivity contribution is 5.81. The van der Waals surface area contributed by atoms with E-state index in [1.165, 1.54) is 5.56 Å². The van der Waals surface area contributed by atoms with E-state index in [-0.39, 0.29) is 5.91 Å². The smallest absolute Gasteiger partial charge is 0.224 e. The van der Waals surface area contributed by atoms with Gasteiger partial charge >= 0.3 is 0 Å². The lowest BCUT2D eigenvalue weighted by Gasteiger charge is -2.06. The summed E-state index contributed by atoms with van der Waals surface area (Å²) in [5.74, 6) is 0.909. The van der Waals surface area contributed by atoms with Crippen molar-refractivity contribution in [3.8, 4) is 0 Å². The number of H-pyrrole nitrogens is 1. The van der Waals surface area contributed by atoms with Crippen molar-refractivity contribution in [2.24, 2.45) is 0 Å². The van der Waals surface area contributed by atoms with Gasteiger partial charge in [0.1, 0.15) is 5.82 Å². The van der Waals surface area contributed by atoms with Crippen LogP contribution >= 0.6 is 0 Å². The molecule has 0 unspecified atom stereocenters. The highest BCUT2D eigenvalue weighted by atomic mass is 16.1. The molecule has 1 amide bonds. The van der Waals surface area contributed by atoms with E-state index in [2.05, 4.69) is 34.3 Å². The predicted octanol–water partition coefficient (Wildman–Crippen LogP) is 3.04. The minimum absolute atomic E-state index is 0.0242. The molecule has 0 radical (unpaired) electrons. The first-order valence-electron chi connectivity index (χ1n) is 7.37. The first-order valence-corrected chi connectivity index (χ1v) is 7.37. The lowest BCUT2D eigenvalue weighted by molar-refractivity contribution is -0.120. The molecular weight excluding hydrogens is 274 g/mol. The van der Waals surface area contributed by atoms with E-state index in [9.17, 15) is 4.79 Å². The van der Waals surface area contributed by atoms with Crippen molar-refractivity contribution in [3.05, 3.63) is 65.0 Å². The molecule has 1 aromatic heterocycles. The molecule has 0 saturated carbocycles. The van der Waals surface area contributed by atoms with Crippen LogP contribution in [0.15, 0.2) is 42.5 Å². The molecule has 0 fully saturated rings. The Morgan fingerprint density at radius 3 is 2.59 bits per heavy atom. The van der Waals surface area contributed by atoms with Crippen molar-refractivity contribution >= 4 is 16.9 Å². The van der Waals surface area contributed by atoms with Gasteiger partial charge in [0, 0.05) is 6.54 Å². The number of carbonyl (C=O) groups excluding carboxylic acids is 1. The van der Waals surface area contributed by atoms with Gasteiger partial charge in [-0.15, -0.1) is 0 Å². The Balaban J connectivity index is 1.61. The summed E-state index contributed by atoms with van der Waals surface area (Å²) >= 11 is 0. The molecule has 22 heavy (non-hydrogen) atoms. The zero-order chi connectivity index (χ0) is 15.5. The summed E-state index contributed by atoms with van der Waals surface area (Å²) in [4.78, 5) is 19.6. The number of nitrogens with zero attached hydrogens (tertiary/aromatic N) is 1. The number of aryl methyl sites for hydroxylation is 2. The fourth-order valence-corrected chi connectivity index (χ4v) is 2.45. The Bertz CT molecular complexity index is 803. The van der Waals surface area contributed by atoms with Crippen LogP contribution in [0, 0.1) is 13.8 Å². The van der Waals surface area contributed by atoms with Crippen LogP contribution in [0.5, 0.6) is 0 Å². The zero-order valence-electron chi connectivity index (χ0n) is 12.8. The molecule has 0 saturated heterocycles. The van der Waals surface area contributed by atoms with Gasteiger partial charge in [0.25, 0.3) is 0 Å². The second kappa shape index (κ2) is 6.02.